The summed E-state index contributed by atoms with van der Waals surface area (Å²) in [6, 6.07) is 6.56. The van der Waals surface area contributed by atoms with Crippen LogP contribution in [0.4, 0.5) is 13.2 Å². The fourth-order valence-electron chi connectivity index (χ4n) is 2.99. The van der Waals surface area contributed by atoms with E-state index in [2.05, 4.69) is 0 Å². The van der Waals surface area contributed by atoms with E-state index in [1.807, 2.05) is 0 Å². The quantitative estimate of drug-likeness (QED) is 0.882. The zero-order valence-corrected chi connectivity index (χ0v) is 13.5. The first-order valence-electron chi connectivity index (χ1n) is 7.96. The van der Waals surface area contributed by atoms with Crippen LogP contribution in [-0.2, 0) is 11.2 Å². The van der Waals surface area contributed by atoms with Crippen molar-refractivity contribution >= 4 is 5.91 Å². The van der Waals surface area contributed by atoms with Crippen LogP contribution in [0.25, 0.3) is 0 Å². The van der Waals surface area contributed by atoms with Gasteiger partial charge in [0.05, 0.1) is 0 Å². The van der Waals surface area contributed by atoms with Crippen molar-refractivity contribution in [3.8, 4) is 5.75 Å². The van der Waals surface area contributed by atoms with Gasteiger partial charge in [0.1, 0.15) is 5.75 Å². The molecule has 1 amide bonds. The molecule has 1 aliphatic heterocycles. The summed E-state index contributed by atoms with van der Waals surface area (Å²) >= 11 is 0. The fraction of sp³-hybridized carbons (Fsp3) is 0.588. The summed E-state index contributed by atoms with van der Waals surface area (Å²) in [7, 11) is 0. The number of benzene rings is 1. The molecule has 2 N–H and O–H groups in total. The summed E-state index contributed by atoms with van der Waals surface area (Å²) < 4.78 is 38.6. The van der Waals surface area contributed by atoms with Gasteiger partial charge in [-0.25, -0.2) is 0 Å². The van der Waals surface area contributed by atoms with Crippen molar-refractivity contribution in [1.29, 1.82) is 0 Å². The molecule has 1 atom stereocenters. The summed E-state index contributed by atoms with van der Waals surface area (Å²) in [6.45, 7) is 1.26. The predicted octanol–water partition coefficient (Wildman–Crippen LogP) is 2.88. The Morgan fingerprint density at radius 2 is 1.75 bits per heavy atom. The second kappa shape index (κ2) is 7.01. The van der Waals surface area contributed by atoms with E-state index in [-0.39, 0.29) is 44.0 Å². The third-order valence-corrected chi connectivity index (χ3v) is 4.78. The second-order valence-corrected chi connectivity index (χ2v) is 6.47. The Bertz CT molecular complexity index is 561. The molecule has 7 heteroatoms. The summed E-state index contributed by atoms with van der Waals surface area (Å²) in [6.07, 6.45) is -3.61. The molecule has 0 radical (unpaired) electrons. The molecule has 1 fully saturated rings. The summed E-state index contributed by atoms with van der Waals surface area (Å²) in [5, 5.41) is 18.9. The first-order valence-corrected chi connectivity index (χ1v) is 7.96. The molecule has 24 heavy (non-hydrogen) atoms. The first kappa shape index (κ1) is 18.6. The Kier molecular flexibility index (Phi) is 5.42. The van der Waals surface area contributed by atoms with Gasteiger partial charge in [0.25, 0.3) is 0 Å². The number of piperidine rings is 1. The smallest absolute Gasteiger partial charge is 0.417 e. The van der Waals surface area contributed by atoms with Crippen molar-refractivity contribution in [3.63, 3.8) is 0 Å². The van der Waals surface area contributed by atoms with E-state index >= 15 is 0 Å². The van der Waals surface area contributed by atoms with Gasteiger partial charge in [0.2, 0.25) is 5.91 Å². The van der Waals surface area contributed by atoms with E-state index in [4.69, 9.17) is 0 Å². The zero-order chi connectivity index (χ0) is 18.0. The molecule has 1 aromatic rings. The number of halogens is 3. The molecule has 0 bridgehead atoms. The van der Waals surface area contributed by atoms with Gasteiger partial charge in [-0.2, -0.15) is 13.2 Å². The van der Waals surface area contributed by atoms with E-state index in [1.54, 1.807) is 29.2 Å². The minimum atomic E-state index is -4.66. The molecule has 1 aromatic carbocycles. The van der Waals surface area contributed by atoms with E-state index in [0.717, 1.165) is 12.5 Å². The van der Waals surface area contributed by atoms with Gasteiger partial charge in [0.15, 0.2) is 5.60 Å². The van der Waals surface area contributed by atoms with Crippen LogP contribution in [0.5, 0.6) is 5.75 Å². The number of phenols is 1. The number of likely N-dealkylation sites (tertiary alicyclic amines) is 1. The molecular formula is C17H22F3NO3. The van der Waals surface area contributed by atoms with Gasteiger partial charge in [-0.1, -0.05) is 12.1 Å². The van der Waals surface area contributed by atoms with Crippen molar-refractivity contribution in [2.45, 2.75) is 44.4 Å². The van der Waals surface area contributed by atoms with Crippen molar-refractivity contribution < 1.29 is 28.2 Å². The molecule has 2 rings (SSSR count). The van der Waals surface area contributed by atoms with Crippen molar-refractivity contribution in [2.24, 2.45) is 5.92 Å². The number of aryl methyl sites for hydroxylation is 1. The second-order valence-electron chi connectivity index (χ2n) is 6.47. The topological polar surface area (TPSA) is 60.8 Å². The highest BCUT2D eigenvalue weighted by Crippen LogP contribution is 2.40. The van der Waals surface area contributed by atoms with Gasteiger partial charge in [-0.15, -0.1) is 0 Å². The van der Waals surface area contributed by atoms with Crippen LogP contribution in [0.2, 0.25) is 0 Å². The molecule has 0 saturated carbocycles. The van der Waals surface area contributed by atoms with Gasteiger partial charge in [-0.05, 0) is 49.8 Å². The molecule has 1 unspecified atom stereocenters. The lowest BCUT2D eigenvalue weighted by Crippen LogP contribution is -2.53. The highest BCUT2D eigenvalue weighted by Gasteiger charge is 2.55. The fourth-order valence-corrected chi connectivity index (χ4v) is 2.99. The number of nitrogens with zero attached hydrogens (tertiary/aromatic N) is 1. The Hall–Kier alpha value is -1.76. The van der Waals surface area contributed by atoms with Crippen LogP contribution < -0.4 is 0 Å². The molecule has 1 aliphatic rings. The monoisotopic (exact) mass is 345 g/mol. The number of carbonyl (C=O) groups is 1. The lowest BCUT2D eigenvalue weighted by atomic mass is 9.81. The van der Waals surface area contributed by atoms with Gasteiger partial charge in [-0.3, -0.25) is 4.79 Å². The summed E-state index contributed by atoms with van der Waals surface area (Å²) in [5.41, 5.74) is -1.80. The summed E-state index contributed by atoms with van der Waals surface area (Å²) in [4.78, 5) is 13.7. The standard InChI is InChI=1S/C17H22F3NO3/c1-16(24,17(18,19)20)13-8-10-21(11-9-13)15(23)7-4-12-2-5-14(22)6-3-12/h2-3,5-6,13,22,24H,4,7-11H2,1H3. The van der Waals surface area contributed by atoms with Crippen LogP contribution in [0, 0.1) is 5.92 Å². The zero-order valence-electron chi connectivity index (χ0n) is 13.5. The molecule has 0 aromatic heterocycles. The number of alkyl halides is 3. The molecule has 0 spiro atoms. The van der Waals surface area contributed by atoms with E-state index < -0.39 is 17.7 Å². The molecule has 1 heterocycles. The Balaban J connectivity index is 1.83. The maximum atomic E-state index is 12.9. The Morgan fingerprint density at radius 3 is 2.25 bits per heavy atom. The molecular weight excluding hydrogens is 323 g/mol. The number of aliphatic hydroxyl groups is 1. The van der Waals surface area contributed by atoms with Crippen LogP contribution >= 0.6 is 0 Å². The minimum Gasteiger partial charge on any atom is -0.508 e. The van der Waals surface area contributed by atoms with Crippen molar-refractivity contribution in [2.75, 3.05) is 13.1 Å². The van der Waals surface area contributed by atoms with Crippen molar-refractivity contribution in [3.05, 3.63) is 29.8 Å². The van der Waals surface area contributed by atoms with E-state index in [1.165, 1.54) is 0 Å². The number of phenolic OH excluding ortho intramolecular Hbond substituents is 1. The summed E-state index contributed by atoms with van der Waals surface area (Å²) in [5.74, 6) is -0.837. The van der Waals surface area contributed by atoms with Gasteiger partial charge >= 0.3 is 6.18 Å². The van der Waals surface area contributed by atoms with Crippen LogP contribution in [0.1, 0.15) is 31.7 Å². The molecule has 0 aliphatic carbocycles. The largest absolute Gasteiger partial charge is 0.508 e. The number of aromatic hydroxyl groups is 1. The number of rotatable bonds is 4. The van der Waals surface area contributed by atoms with E-state index in [9.17, 15) is 28.2 Å². The SMILES string of the molecule is CC(O)(C1CCN(C(=O)CCc2ccc(O)cc2)CC1)C(F)(F)F. The lowest BCUT2D eigenvalue weighted by molar-refractivity contribution is -0.275. The first-order chi connectivity index (χ1) is 11.1. The van der Waals surface area contributed by atoms with E-state index in [0.29, 0.717) is 6.42 Å². The normalized spacial score (nSPS) is 19.1. The molecule has 4 nitrogen and oxygen atoms in total. The third kappa shape index (κ3) is 4.20. The van der Waals surface area contributed by atoms with Crippen molar-refractivity contribution in [1.82, 2.24) is 4.90 Å². The minimum absolute atomic E-state index is 0.104. The van der Waals surface area contributed by atoms with Crippen LogP contribution in [0.3, 0.4) is 0 Å². The number of hydrogen-bond donors (Lipinski definition) is 2. The number of hydrogen-bond acceptors (Lipinski definition) is 3. The molecule has 1 saturated heterocycles. The molecule has 134 valence electrons. The highest BCUT2D eigenvalue weighted by atomic mass is 19.4. The maximum Gasteiger partial charge on any atom is 0.417 e. The highest BCUT2D eigenvalue weighted by molar-refractivity contribution is 5.76. The van der Waals surface area contributed by atoms with Gasteiger partial charge < -0.3 is 15.1 Å². The Labute approximate surface area is 138 Å². The van der Waals surface area contributed by atoms with Crippen LogP contribution in [-0.4, -0.2) is 45.9 Å². The average Bonchev–Trinajstić information content (AvgIpc) is 2.53. The van der Waals surface area contributed by atoms with Crippen LogP contribution in [0.15, 0.2) is 24.3 Å². The number of carbonyl (C=O) groups excluding carboxylic acids is 1. The third-order valence-electron chi connectivity index (χ3n) is 4.78. The maximum absolute atomic E-state index is 12.9. The Morgan fingerprint density at radius 1 is 1.21 bits per heavy atom. The number of amides is 1. The lowest BCUT2D eigenvalue weighted by Gasteiger charge is -2.40. The average molecular weight is 345 g/mol. The van der Waals surface area contributed by atoms with Gasteiger partial charge in [0, 0.05) is 19.5 Å². The predicted molar refractivity (Wildman–Crippen MR) is 82.4 cm³/mol.